The molecule has 0 aliphatic carbocycles. The van der Waals surface area contributed by atoms with E-state index in [0.717, 1.165) is 0 Å². The second kappa shape index (κ2) is 9.38. The lowest BCUT2D eigenvalue weighted by molar-refractivity contribution is -0.131. The number of hydrogen-bond acceptors (Lipinski definition) is 8. The van der Waals surface area contributed by atoms with Crippen LogP contribution in [-0.2, 0) is 9.53 Å². The van der Waals surface area contributed by atoms with E-state index < -0.39 is 18.2 Å². The van der Waals surface area contributed by atoms with Crippen LogP contribution < -0.4 is 24.8 Å². The topological polar surface area (TPSA) is 141 Å². The molecule has 10 nitrogen and oxygen atoms in total. The van der Waals surface area contributed by atoms with E-state index in [1.54, 1.807) is 24.3 Å². The summed E-state index contributed by atoms with van der Waals surface area (Å²) in [6.07, 6.45) is -1.17. The Bertz CT molecular complexity index is 1080. The van der Waals surface area contributed by atoms with Gasteiger partial charge in [0.1, 0.15) is 18.2 Å². The van der Waals surface area contributed by atoms with Crippen molar-refractivity contribution in [3.05, 3.63) is 47.5 Å². The average molecular weight is 441 g/mol. The maximum Gasteiger partial charge on any atom is 0.414 e. The second-order valence-corrected chi connectivity index (χ2v) is 7.04. The van der Waals surface area contributed by atoms with Gasteiger partial charge in [0.25, 0.3) is 0 Å². The number of nitrogens with one attached hydrogen (secondary N) is 1. The number of amides is 1. The number of nitrogens with two attached hydrogens (primary N) is 1. The van der Waals surface area contributed by atoms with E-state index in [2.05, 4.69) is 0 Å². The van der Waals surface area contributed by atoms with Crippen molar-refractivity contribution in [3.63, 3.8) is 0 Å². The van der Waals surface area contributed by atoms with Crippen LogP contribution in [0.2, 0.25) is 0 Å². The third-order valence-electron chi connectivity index (χ3n) is 4.69. The second-order valence-electron chi connectivity index (χ2n) is 7.04. The number of Topliss-reactive ketones (excluding diaryl/α,β-unsaturated/α-hetero) is 1. The van der Waals surface area contributed by atoms with Gasteiger partial charge >= 0.3 is 12.1 Å². The molecule has 1 atom stereocenters. The number of rotatable bonds is 8. The fraction of sp³-hybridized carbons (Fsp3) is 0.273. The van der Waals surface area contributed by atoms with Gasteiger partial charge in [0.05, 0.1) is 24.9 Å². The van der Waals surface area contributed by atoms with Crippen molar-refractivity contribution in [2.45, 2.75) is 20.0 Å². The summed E-state index contributed by atoms with van der Waals surface area (Å²) in [4.78, 5) is 36.7. The summed E-state index contributed by atoms with van der Waals surface area (Å²) in [5, 5.41) is 7.61. The van der Waals surface area contributed by atoms with Gasteiger partial charge in [-0.05, 0) is 37.3 Å². The molecule has 10 heteroatoms. The Labute approximate surface area is 184 Å². The molecular formula is C22H23N3O7. The summed E-state index contributed by atoms with van der Waals surface area (Å²) in [5.74, 6) is -0.0680. The van der Waals surface area contributed by atoms with Gasteiger partial charge in [0, 0.05) is 18.6 Å². The number of carbonyl (C=O) groups is 3. The van der Waals surface area contributed by atoms with Crippen molar-refractivity contribution >= 4 is 29.4 Å². The number of ether oxygens (including phenoxy) is 4. The lowest BCUT2D eigenvalue weighted by Crippen LogP contribution is -2.27. The van der Waals surface area contributed by atoms with E-state index >= 15 is 0 Å². The minimum absolute atomic E-state index is 0.0559. The number of nitrogen functional groups attached to an aromatic ring is 1. The number of esters is 1. The molecule has 168 valence electrons. The van der Waals surface area contributed by atoms with Gasteiger partial charge in [0.15, 0.2) is 23.4 Å². The highest BCUT2D eigenvalue weighted by Crippen LogP contribution is 2.31. The van der Waals surface area contributed by atoms with Crippen molar-refractivity contribution in [2.24, 2.45) is 5.73 Å². The van der Waals surface area contributed by atoms with Crippen LogP contribution in [0, 0.1) is 5.41 Å². The molecule has 1 saturated heterocycles. The number of nitrogens with zero attached hydrogens (tertiary/aromatic N) is 1. The molecule has 0 aromatic heterocycles. The SMILES string of the molecule is COc1cc(C(C)=O)ccc1OCC1CN(c2ccc(C(=N)N)c(OC(C)=O)c2)C(=O)O1. The lowest BCUT2D eigenvalue weighted by atomic mass is 10.1. The first-order chi connectivity index (χ1) is 15.2. The highest BCUT2D eigenvalue weighted by molar-refractivity contribution is 6.00. The molecule has 3 rings (SSSR count). The van der Waals surface area contributed by atoms with Crippen molar-refractivity contribution in [3.8, 4) is 17.2 Å². The standard InChI is InChI=1S/C22H23N3O7/c1-12(26)14-4-7-18(20(8-14)29-3)30-11-16-10-25(22(28)32-16)15-5-6-17(21(23)24)19(9-15)31-13(2)27/h4-9,16H,10-11H2,1-3H3,(H3,23,24). The van der Waals surface area contributed by atoms with E-state index in [0.29, 0.717) is 22.7 Å². The predicted octanol–water partition coefficient (Wildman–Crippen LogP) is 2.51. The Morgan fingerprint density at radius 2 is 1.91 bits per heavy atom. The number of amidine groups is 1. The monoisotopic (exact) mass is 441 g/mol. The van der Waals surface area contributed by atoms with E-state index in [4.69, 9.17) is 30.1 Å². The van der Waals surface area contributed by atoms with Gasteiger partial charge < -0.3 is 24.7 Å². The normalized spacial score (nSPS) is 15.2. The van der Waals surface area contributed by atoms with Crippen LogP contribution in [0.1, 0.15) is 29.8 Å². The number of benzene rings is 2. The fourth-order valence-corrected chi connectivity index (χ4v) is 3.15. The molecule has 0 radical (unpaired) electrons. The van der Waals surface area contributed by atoms with Gasteiger partial charge in [-0.3, -0.25) is 19.9 Å². The average Bonchev–Trinajstić information content (AvgIpc) is 3.11. The molecule has 1 aliphatic rings. The zero-order valence-corrected chi connectivity index (χ0v) is 17.8. The summed E-state index contributed by atoms with van der Waals surface area (Å²) >= 11 is 0. The zero-order valence-electron chi connectivity index (χ0n) is 17.8. The molecule has 1 unspecified atom stereocenters. The summed E-state index contributed by atoms with van der Waals surface area (Å²) < 4.78 is 21.5. The predicted molar refractivity (Wildman–Crippen MR) is 115 cm³/mol. The highest BCUT2D eigenvalue weighted by atomic mass is 16.6. The molecule has 1 heterocycles. The third-order valence-corrected chi connectivity index (χ3v) is 4.69. The molecule has 0 spiro atoms. The lowest BCUT2D eigenvalue weighted by Gasteiger charge is -2.16. The number of carbonyl (C=O) groups excluding carboxylic acids is 3. The Morgan fingerprint density at radius 1 is 1.16 bits per heavy atom. The minimum atomic E-state index is -0.596. The Hall–Kier alpha value is -4.08. The van der Waals surface area contributed by atoms with Crippen LogP contribution >= 0.6 is 0 Å². The molecule has 1 aliphatic heterocycles. The number of hydrogen-bond donors (Lipinski definition) is 2. The van der Waals surface area contributed by atoms with Gasteiger partial charge in [-0.2, -0.15) is 0 Å². The van der Waals surface area contributed by atoms with Crippen LogP contribution in [0.25, 0.3) is 0 Å². The van der Waals surface area contributed by atoms with E-state index in [1.165, 1.54) is 38.0 Å². The van der Waals surface area contributed by atoms with Gasteiger partial charge in [-0.15, -0.1) is 0 Å². The molecule has 32 heavy (non-hydrogen) atoms. The molecular weight excluding hydrogens is 418 g/mol. The third kappa shape index (κ3) is 4.97. The first-order valence-corrected chi connectivity index (χ1v) is 9.66. The fourth-order valence-electron chi connectivity index (χ4n) is 3.15. The van der Waals surface area contributed by atoms with Gasteiger partial charge in [-0.25, -0.2) is 4.79 Å². The maximum atomic E-state index is 12.4. The Kier molecular flexibility index (Phi) is 6.62. The Balaban J connectivity index is 1.72. The van der Waals surface area contributed by atoms with Gasteiger partial charge in [-0.1, -0.05) is 0 Å². The zero-order chi connectivity index (χ0) is 23.4. The first kappa shape index (κ1) is 22.6. The largest absolute Gasteiger partial charge is 0.493 e. The van der Waals surface area contributed by atoms with E-state index in [1.807, 2.05) is 0 Å². The summed E-state index contributed by atoms with van der Waals surface area (Å²) in [5.41, 5.74) is 6.67. The smallest absolute Gasteiger partial charge is 0.414 e. The summed E-state index contributed by atoms with van der Waals surface area (Å²) in [6.45, 7) is 2.93. The van der Waals surface area contributed by atoms with Crippen molar-refractivity contribution in [1.82, 2.24) is 0 Å². The quantitative estimate of drug-likeness (QED) is 0.209. The molecule has 1 fully saturated rings. The Morgan fingerprint density at radius 3 is 2.53 bits per heavy atom. The van der Waals surface area contributed by atoms with E-state index in [9.17, 15) is 14.4 Å². The molecule has 2 aromatic carbocycles. The highest BCUT2D eigenvalue weighted by Gasteiger charge is 2.33. The van der Waals surface area contributed by atoms with E-state index in [-0.39, 0.29) is 36.1 Å². The number of cyclic esters (lactones) is 1. The molecule has 3 N–H and O–H groups in total. The number of ketones is 1. The maximum absolute atomic E-state index is 12.4. The summed E-state index contributed by atoms with van der Waals surface area (Å²) in [6, 6.07) is 9.35. The van der Waals surface area contributed by atoms with Crippen LogP contribution in [0.5, 0.6) is 17.2 Å². The van der Waals surface area contributed by atoms with Crippen molar-refractivity contribution in [1.29, 1.82) is 5.41 Å². The molecule has 2 aromatic rings. The van der Waals surface area contributed by atoms with Crippen LogP contribution in [-0.4, -0.2) is 50.0 Å². The van der Waals surface area contributed by atoms with Crippen LogP contribution in [0.3, 0.4) is 0 Å². The van der Waals surface area contributed by atoms with Crippen LogP contribution in [0.4, 0.5) is 10.5 Å². The molecule has 1 amide bonds. The molecule has 0 bridgehead atoms. The first-order valence-electron chi connectivity index (χ1n) is 9.66. The number of anilines is 1. The number of methoxy groups -OCH3 is 1. The van der Waals surface area contributed by atoms with Crippen molar-refractivity contribution < 1.29 is 33.3 Å². The van der Waals surface area contributed by atoms with Gasteiger partial charge in [0.2, 0.25) is 0 Å². The van der Waals surface area contributed by atoms with Crippen LogP contribution in [0.15, 0.2) is 36.4 Å². The summed E-state index contributed by atoms with van der Waals surface area (Å²) in [7, 11) is 1.47. The molecule has 0 saturated carbocycles. The van der Waals surface area contributed by atoms with Crippen molar-refractivity contribution in [2.75, 3.05) is 25.2 Å². The minimum Gasteiger partial charge on any atom is -0.493 e.